The Bertz CT molecular complexity index is 1080. The van der Waals surface area contributed by atoms with Gasteiger partial charge in [-0.1, -0.05) is 47.6 Å². The van der Waals surface area contributed by atoms with Crippen LogP contribution >= 0.6 is 0 Å². The zero-order valence-corrected chi connectivity index (χ0v) is 18.2. The Labute approximate surface area is 186 Å². The van der Waals surface area contributed by atoms with Crippen LogP contribution in [0.2, 0.25) is 0 Å². The molecule has 0 saturated heterocycles. The average Bonchev–Trinajstić information content (AvgIpc) is 3.23. The van der Waals surface area contributed by atoms with Crippen molar-refractivity contribution < 1.29 is 23.6 Å². The smallest absolute Gasteiger partial charge is 0.338 e. The fourth-order valence-corrected chi connectivity index (χ4v) is 3.19. The number of likely N-dealkylation sites (N-methyl/N-ethyl adjacent to an activating group) is 1. The number of amides is 2. The Balaban J connectivity index is 1.75. The lowest BCUT2D eigenvalue weighted by Gasteiger charge is -2.25. The van der Waals surface area contributed by atoms with Crippen molar-refractivity contribution in [1.29, 1.82) is 0 Å². The van der Waals surface area contributed by atoms with Crippen LogP contribution in [-0.2, 0) is 20.9 Å². The zero-order valence-electron chi connectivity index (χ0n) is 18.2. The third-order valence-electron chi connectivity index (χ3n) is 4.83. The van der Waals surface area contributed by atoms with Gasteiger partial charge >= 0.3 is 5.97 Å². The number of nitrogens with zero attached hydrogens (tertiary/aromatic N) is 2. The van der Waals surface area contributed by atoms with Crippen LogP contribution < -0.4 is 5.32 Å². The van der Waals surface area contributed by atoms with Gasteiger partial charge < -0.3 is 19.5 Å². The monoisotopic (exact) mass is 435 g/mol. The maximum absolute atomic E-state index is 13.0. The van der Waals surface area contributed by atoms with Gasteiger partial charge in [-0.25, -0.2) is 4.79 Å². The Morgan fingerprint density at radius 1 is 1.06 bits per heavy atom. The molecule has 0 aliphatic carbocycles. The largest absolute Gasteiger partial charge is 0.464 e. The third-order valence-corrected chi connectivity index (χ3v) is 4.83. The number of aryl methyl sites for hydroxylation is 1. The molecule has 0 saturated carbocycles. The summed E-state index contributed by atoms with van der Waals surface area (Å²) in [5.41, 5.74) is 2.82. The highest BCUT2D eigenvalue weighted by Gasteiger charge is 2.35. The summed E-state index contributed by atoms with van der Waals surface area (Å²) in [4.78, 5) is 39.4. The molecule has 8 heteroatoms. The van der Waals surface area contributed by atoms with Crippen molar-refractivity contribution in [2.75, 3.05) is 13.7 Å². The van der Waals surface area contributed by atoms with Crippen LogP contribution in [-0.4, -0.2) is 47.5 Å². The molecule has 1 N–H and O–H groups in total. The first-order chi connectivity index (χ1) is 15.4. The van der Waals surface area contributed by atoms with E-state index in [9.17, 15) is 14.4 Å². The van der Waals surface area contributed by atoms with E-state index in [1.807, 2.05) is 42.5 Å². The van der Waals surface area contributed by atoms with Gasteiger partial charge in [0.1, 0.15) is 11.5 Å². The van der Waals surface area contributed by atoms with Crippen LogP contribution in [0.3, 0.4) is 0 Å². The lowest BCUT2D eigenvalue weighted by atomic mass is 10.0. The standard InChI is InChI=1S/C24H25N3O5/c1-4-31-24(30)21(22(28)25-15-20-14-16(2)32-26-20)27(3)23(29)19-12-10-18(11-13-19)17-8-6-5-7-9-17/h5-14,21H,4,15H2,1-3H3,(H,25,28). The molecule has 0 bridgehead atoms. The van der Waals surface area contributed by atoms with Crippen LogP contribution in [0.15, 0.2) is 65.2 Å². The van der Waals surface area contributed by atoms with Gasteiger partial charge in [-0.15, -0.1) is 0 Å². The van der Waals surface area contributed by atoms with E-state index in [0.717, 1.165) is 16.0 Å². The number of nitrogens with one attached hydrogen (secondary N) is 1. The molecule has 2 aromatic carbocycles. The summed E-state index contributed by atoms with van der Waals surface area (Å²) in [5.74, 6) is -1.35. The highest BCUT2D eigenvalue weighted by Crippen LogP contribution is 2.20. The van der Waals surface area contributed by atoms with Gasteiger partial charge in [-0.2, -0.15) is 0 Å². The number of hydrogen-bond donors (Lipinski definition) is 1. The summed E-state index contributed by atoms with van der Waals surface area (Å²) < 4.78 is 10.0. The predicted octanol–water partition coefficient (Wildman–Crippen LogP) is 2.97. The maximum atomic E-state index is 13.0. The lowest BCUT2D eigenvalue weighted by molar-refractivity contribution is -0.152. The van der Waals surface area contributed by atoms with Crippen molar-refractivity contribution in [2.24, 2.45) is 0 Å². The van der Waals surface area contributed by atoms with Gasteiger partial charge in [0.25, 0.3) is 11.8 Å². The molecule has 3 rings (SSSR count). The summed E-state index contributed by atoms with van der Waals surface area (Å²) in [6.45, 7) is 3.50. The topological polar surface area (TPSA) is 102 Å². The van der Waals surface area contributed by atoms with E-state index in [-0.39, 0.29) is 13.2 Å². The molecule has 0 spiro atoms. The second-order valence-electron chi connectivity index (χ2n) is 7.16. The van der Waals surface area contributed by atoms with Crippen molar-refractivity contribution in [3.05, 3.63) is 77.7 Å². The number of ether oxygens (including phenoxy) is 1. The number of esters is 1. The molecule has 1 atom stereocenters. The Morgan fingerprint density at radius 3 is 2.31 bits per heavy atom. The van der Waals surface area contributed by atoms with E-state index in [1.54, 1.807) is 32.0 Å². The summed E-state index contributed by atoms with van der Waals surface area (Å²) >= 11 is 0. The number of rotatable bonds is 8. The minimum Gasteiger partial charge on any atom is -0.464 e. The summed E-state index contributed by atoms with van der Waals surface area (Å²) in [6, 6.07) is 17.0. The average molecular weight is 435 g/mol. The lowest BCUT2D eigenvalue weighted by Crippen LogP contribution is -2.52. The van der Waals surface area contributed by atoms with E-state index < -0.39 is 23.8 Å². The van der Waals surface area contributed by atoms with Crippen LogP contribution in [0.4, 0.5) is 0 Å². The van der Waals surface area contributed by atoms with Crippen molar-refractivity contribution in [3.63, 3.8) is 0 Å². The highest BCUT2D eigenvalue weighted by molar-refractivity contribution is 6.07. The van der Waals surface area contributed by atoms with Gasteiger partial charge in [0.05, 0.1) is 13.2 Å². The fourth-order valence-electron chi connectivity index (χ4n) is 3.19. The van der Waals surface area contributed by atoms with Crippen molar-refractivity contribution in [1.82, 2.24) is 15.4 Å². The summed E-state index contributed by atoms with van der Waals surface area (Å²) in [7, 11) is 1.40. The van der Waals surface area contributed by atoms with Crippen LogP contribution in [0.1, 0.15) is 28.7 Å². The molecular formula is C24H25N3O5. The van der Waals surface area contributed by atoms with Crippen LogP contribution in [0, 0.1) is 6.92 Å². The predicted molar refractivity (Wildman–Crippen MR) is 117 cm³/mol. The number of carbonyl (C=O) groups is 3. The number of aromatic nitrogens is 1. The molecule has 32 heavy (non-hydrogen) atoms. The Kier molecular flexibility index (Phi) is 7.38. The summed E-state index contributed by atoms with van der Waals surface area (Å²) in [5, 5.41) is 6.42. The highest BCUT2D eigenvalue weighted by atomic mass is 16.5. The van der Waals surface area contributed by atoms with E-state index in [0.29, 0.717) is 17.0 Å². The molecule has 3 aromatic rings. The first kappa shape index (κ1) is 22.7. The normalized spacial score (nSPS) is 11.5. The SMILES string of the molecule is CCOC(=O)C(C(=O)NCc1cc(C)on1)N(C)C(=O)c1ccc(-c2ccccc2)cc1. The van der Waals surface area contributed by atoms with E-state index in [4.69, 9.17) is 9.26 Å². The van der Waals surface area contributed by atoms with Gasteiger partial charge in [0, 0.05) is 18.7 Å². The van der Waals surface area contributed by atoms with Gasteiger partial charge in [-0.05, 0) is 37.1 Å². The van der Waals surface area contributed by atoms with E-state index >= 15 is 0 Å². The maximum Gasteiger partial charge on any atom is 0.338 e. The second kappa shape index (κ2) is 10.4. The van der Waals surface area contributed by atoms with E-state index in [1.165, 1.54) is 7.05 Å². The first-order valence-corrected chi connectivity index (χ1v) is 10.2. The molecule has 166 valence electrons. The van der Waals surface area contributed by atoms with Gasteiger partial charge in [-0.3, -0.25) is 9.59 Å². The third kappa shape index (κ3) is 5.40. The number of hydrogen-bond acceptors (Lipinski definition) is 6. The summed E-state index contributed by atoms with van der Waals surface area (Å²) in [6.07, 6.45) is 0. The van der Waals surface area contributed by atoms with Crippen molar-refractivity contribution in [3.8, 4) is 11.1 Å². The van der Waals surface area contributed by atoms with Crippen molar-refractivity contribution in [2.45, 2.75) is 26.4 Å². The molecule has 0 aliphatic heterocycles. The molecule has 8 nitrogen and oxygen atoms in total. The molecule has 1 heterocycles. The minimum atomic E-state index is -1.44. The number of benzene rings is 2. The molecule has 1 unspecified atom stereocenters. The van der Waals surface area contributed by atoms with Crippen LogP contribution in [0.5, 0.6) is 0 Å². The molecule has 0 radical (unpaired) electrons. The fraction of sp³-hybridized carbons (Fsp3) is 0.250. The van der Waals surface area contributed by atoms with E-state index in [2.05, 4.69) is 10.5 Å². The molecule has 0 fully saturated rings. The second-order valence-corrected chi connectivity index (χ2v) is 7.16. The van der Waals surface area contributed by atoms with Gasteiger partial charge in [0.2, 0.25) is 6.04 Å². The molecule has 2 amide bonds. The van der Waals surface area contributed by atoms with Crippen LogP contribution in [0.25, 0.3) is 11.1 Å². The van der Waals surface area contributed by atoms with Gasteiger partial charge in [0.15, 0.2) is 0 Å². The zero-order chi connectivity index (χ0) is 23.1. The Hall–Kier alpha value is -3.94. The first-order valence-electron chi connectivity index (χ1n) is 10.2. The van der Waals surface area contributed by atoms with Crippen molar-refractivity contribution >= 4 is 17.8 Å². The molecular weight excluding hydrogens is 410 g/mol. The quantitative estimate of drug-likeness (QED) is 0.431. The Morgan fingerprint density at radius 2 is 1.72 bits per heavy atom. The minimum absolute atomic E-state index is 0.0554. The number of carbonyl (C=O) groups excluding carboxylic acids is 3. The molecule has 0 aliphatic rings. The molecule has 1 aromatic heterocycles.